The molecule has 0 fully saturated rings. The first kappa shape index (κ1) is 36.3. The van der Waals surface area contributed by atoms with Crippen LogP contribution in [0, 0.1) is 13.8 Å². The van der Waals surface area contributed by atoms with Crippen molar-refractivity contribution in [2.45, 2.75) is 13.8 Å². The van der Waals surface area contributed by atoms with Gasteiger partial charge in [-0.1, -0.05) is 35.4 Å². The van der Waals surface area contributed by atoms with Gasteiger partial charge in [0.2, 0.25) is 0 Å². The van der Waals surface area contributed by atoms with Crippen molar-refractivity contribution in [3.63, 3.8) is 0 Å². The largest absolute Gasteiger partial charge is 0.147 e. The van der Waals surface area contributed by atoms with E-state index in [1.54, 1.807) is 0 Å². The molecule has 1 aromatic rings. The highest BCUT2D eigenvalue weighted by atomic mass is 35.5. The molecule has 0 aliphatic heterocycles. The molecule has 0 saturated heterocycles. The summed E-state index contributed by atoms with van der Waals surface area (Å²) in [6.45, 7) is 4.21. The van der Waals surface area contributed by atoms with Crippen LogP contribution in [-0.4, -0.2) is 0 Å². The molecular weight excluding hydrogens is 309 g/mol. The van der Waals surface area contributed by atoms with Crippen molar-refractivity contribution in [2.75, 3.05) is 0 Å². The quantitative estimate of drug-likeness (QED) is 0.641. The average Bonchev–Trinajstić information content (AvgIpc) is 1.64. The van der Waals surface area contributed by atoms with Crippen molar-refractivity contribution in [1.82, 2.24) is 0 Å². The van der Waals surface area contributed by atoms with Crippen LogP contribution in [0.3, 0.4) is 0 Å². The van der Waals surface area contributed by atoms with Crippen LogP contribution in [0.1, 0.15) is 11.1 Å². The lowest BCUT2D eigenvalue weighted by atomic mass is 10.2. The number of hydrogen-bond acceptors (Lipinski definition) is 0. The average molecular weight is 325 g/mol. The van der Waals surface area contributed by atoms with Gasteiger partial charge in [0.25, 0.3) is 0 Å². The summed E-state index contributed by atoms with van der Waals surface area (Å²) in [5.74, 6) is 0. The van der Waals surface area contributed by atoms with Crippen LogP contribution in [0.5, 0.6) is 0 Å². The van der Waals surface area contributed by atoms with Crippen molar-refractivity contribution < 1.29 is 0 Å². The molecule has 0 aliphatic rings. The predicted molar refractivity (Wildman–Crippen MR) is 79.4 cm³/mol. The third-order valence-electron chi connectivity index (χ3n) is 1.17. The minimum Gasteiger partial charge on any atom is -0.147 e. The summed E-state index contributed by atoms with van der Waals surface area (Å²) in [5, 5.41) is 0. The first-order valence-corrected chi connectivity index (χ1v) is 2.82. The summed E-state index contributed by atoms with van der Waals surface area (Å²) < 4.78 is 0. The van der Waals surface area contributed by atoms with Crippen LogP contribution in [-0.2, 0) is 0 Å². The van der Waals surface area contributed by atoms with Crippen molar-refractivity contribution in [1.29, 1.82) is 0 Å². The number of benzene rings is 1. The number of aryl methyl sites for hydroxylation is 2. The second-order valence-electron chi connectivity index (χ2n) is 2.16. The second-order valence-corrected chi connectivity index (χ2v) is 2.16. The third kappa shape index (κ3) is 15.4. The van der Waals surface area contributed by atoms with E-state index < -0.39 is 0 Å². The Morgan fingerprint density at radius 1 is 0.643 bits per heavy atom. The summed E-state index contributed by atoms with van der Waals surface area (Å²) in [4.78, 5) is 0. The Balaban J connectivity index is -0.0000000267. The van der Waals surface area contributed by atoms with Crippen molar-refractivity contribution in [3.05, 3.63) is 35.4 Å². The van der Waals surface area contributed by atoms with E-state index in [9.17, 15) is 0 Å². The Bertz CT molecular complexity index is 174. The minimum atomic E-state index is 0. The standard InChI is InChI=1S/C8H10.6ClH/c1-7-4-3-5-8(2)6-7;;;;;;/h3-6H,1-2H3;6*1H. The van der Waals surface area contributed by atoms with E-state index in [1.165, 1.54) is 11.1 Å². The van der Waals surface area contributed by atoms with E-state index >= 15 is 0 Å². The molecule has 0 radical (unpaired) electrons. The highest BCUT2D eigenvalue weighted by Crippen LogP contribution is 2.00. The first-order valence-electron chi connectivity index (χ1n) is 2.82. The van der Waals surface area contributed by atoms with Gasteiger partial charge in [-0.25, -0.2) is 0 Å². The molecular formula is C8H16Cl6. The Hall–Kier alpha value is 0.960. The Morgan fingerprint density at radius 2 is 0.929 bits per heavy atom. The van der Waals surface area contributed by atoms with E-state index in [0.29, 0.717) is 0 Å². The highest BCUT2D eigenvalue weighted by Gasteiger charge is 1.80. The molecule has 0 unspecified atom stereocenters. The molecule has 0 N–H and O–H groups in total. The van der Waals surface area contributed by atoms with Gasteiger partial charge in [-0.15, -0.1) is 74.4 Å². The molecule has 0 saturated carbocycles. The molecule has 0 atom stereocenters. The molecule has 6 heteroatoms. The summed E-state index contributed by atoms with van der Waals surface area (Å²) in [5.41, 5.74) is 2.68. The zero-order valence-corrected chi connectivity index (χ0v) is 12.7. The zero-order chi connectivity index (χ0) is 5.98. The fourth-order valence-corrected chi connectivity index (χ4v) is 0.807. The lowest BCUT2D eigenvalue weighted by molar-refractivity contribution is 1.39. The SMILES string of the molecule is Cc1cccc(C)c1.Cl.Cl.Cl.Cl.Cl.Cl. The Morgan fingerprint density at radius 3 is 1.07 bits per heavy atom. The molecule has 0 amide bonds. The monoisotopic (exact) mass is 322 g/mol. The van der Waals surface area contributed by atoms with Crippen LogP contribution in [0.4, 0.5) is 0 Å². The van der Waals surface area contributed by atoms with Gasteiger partial charge in [0, 0.05) is 0 Å². The smallest absolute Gasteiger partial charge is 0.0398 e. The van der Waals surface area contributed by atoms with Gasteiger partial charge in [-0.3, -0.25) is 0 Å². The van der Waals surface area contributed by atoms with Crippen molar-refractivity contribution in [3.8, 4) is 0 Å². The van der Waals surface area contributed by atoms with Crippen molar-refractivity contribution in [2.24, 2.45) is 0 Å². The maximum atomic E-state index is 2.17. The number of hydrogen-bond donors (Lipinski definition) is 0. The van der Waals surface area contributed by atoms with Gasteiger partial charge in [0.15, 0.2) is 0 Å². The molecule has 0 spiro atoms. The molecule has 0 nitrogen and oxygen atoms in total. The zero-order valence-electron chi connectivity index (χ0n) is 7.76. The van der Waals surface area contributed by atoms with E-state index in [-0.39, 0.29) is 74.4 Å². The maximum absolute atomic E-state index is 2.17. The molecule has 1 aromatic carbocycles. The summed E-state index contributed by atoms with van der Waals surface area (Å²) in [6.07, 6.45) is 0. The van der Waals surface area contributed by atoms with Crippen LogP contribution >= 0.6 is 74.4 Å². The van der Waals surface area contributed by atoms with Gasteiger partial charge in [-0.2, -0.15) is 0 Å². The Kier molecular flexibility index (Phi) is 50.6. The second kappa shape index (κ2) is 19.5. The van der Waals surface area contributed by atoms with Gasteiger partial charge >= 0.3 is 0 Å². The molecule has 14 heavy (non-hydrogen) atoms. The van der Waals surface area contributed by atoms with E-state index in [4.69, 9.17) is 0 Å². The van der Waals surface area contributed by atoms with Crippen molar-refractivity contribution >= 4 is 74.4 Å². The third-order valence-corrected chi connectivity index (χ3v) is 1.17. The molecule has 0 bridgehead atoms. The van der Waals surface area contributed by atoms with E-state index in [2.05, 4.69) is 38.1 Å². The lowest BCUT2D eigenvalue weighted by Crippen LogP contribution is -1.71. The molecule has 0 aliphatic carbocycles. The highest BCUT2D eigenvalue weighted by molar-refractivity contribution is 5.86. The predicted octanol–water partition coefficient (Wildman–Crippen LogP) is 4.83. The Labute approximate surface area is 123 Å². The molecule has 0 heterocycles. The van der Waals surface area contributed by atoms with Gasteiger partial charge in [0.1, 0.15) is 0 Å². The van der Waals surface area contributed by atoms with Gasteiger partial charge < -0.3 is 0 Å². The molecule has 90 valence electrons. The minimum absolute atomic E-state index is 0. The topological polar surface area (TPSA) is 0 Å². The first-order chi connectivity index (χ1) is 3.79. The normalized spacial score (nSPS) is 5.29. The van der Waals surface area contributed by atoms with E-state index in [1.807, 2.05) is 0 Å². The lowest BCUT2D eigenvalue weighted by Gasteiger charge is -1.90. The summed E-state index contributed by atoms with van der Waals surface area (Å²) in [7, 11) is 0. The number of rotatable bonds is 0. The summed E-state index contributed by atoms with van der Waals surface area (Å²) >= 11 is 0. The van der Waals surface area contributed by atoms with E-state index in [0.717, 1.165) is 0 Å². The van der Waals surface area contributed by atoms with Crippen LogP contribution in [0.15, 0.2) is 24.3 Å². The number of halogens is 6. The maximum Gasteiger partial charge on any atom is -0.0398 e. The van der Waals surface area contributed by atoms with Gasteiger partial charge in [-0.05, 0) is 13.8 Å². The van der Waals surface area contributed by atoms with Gasteiger partial charge in [0.05, 0.1) is 0 Å². The van der Waals surface area contributed by atoms with Crippen LogP contribution in [0.25, 0.3) is 0 Å². The van der Waals surface area contributed by atoms with Crippen LogP contribution in [0.2, 0.25) is 0 Å². The molecule has 0 aromatic heterocycles. The van der Waals surface area contributed by atoms with Crippen LogP contribution < -0.4 is 0 Å². The molecule has 1 rings (SSSR count). The fraction of sp³-hybridized carbons (Fsp3) is 0.250. The summed E-state index contributed by atoms with van der Waals surface area (Å²) in [6, 6.07) is 8.45. The fourth-order valence-electron chi connectivity index (χ4n) is 0.807.